The standard InChI is InChI=1S/C34H33/c1-5-6-10-24-15-17-25(18-16-24)33(26-19-21-28(22-20-26)34(2,3)4)31-14-9-13-30-29-12-8-7-11-27(29)23-32(30)31/h7-9,11-22H,5-6,10H2,1-4H3. The van der Waals surface area contributed by atoms with Crippen LogP contribution in [0.2, 0.25) is 0 Å². The summed E-state index contributed by atoms with van der Waals surface area (Å²) in [5.41, 5.74) is 10.4. The normalized spacial score (nSPS) is 13.2. The van der Waals surface area contributed by atoms with Crippen molar-refractivity contribution >= 4 is 11.6 Å². The minimum atomic E-state index is 0.136. The summed E-state index contributed by atoms with van der Waals surface area (Å²) in [5, 5.41) is 2.45. The smallest absolute Gasteiger partial charge is 0.000741 e. The zero-order valence-electron chi connectivity index (χ0n) is 20.8. The van der Waals surface area contributed by atoms with Gasteiger partial charge in [0.15, 0.2) is 0 Å². The Bertz CT molecular complexity index is 1430. The van der Waals surface area contributed by atoms with Gasteiger partial charge in [-0.1, -0.05) is 125 Å². The van der Waals surface area contributed by atoms with Gasteiger partial charge in [0.05, 0.1) is 0 Å². The van der Waals surface area contributed by atoms with Crippen LogP contribution >= 0.6 is 0 Å². The van der Waals surface area contributed by atoms with Crippen LogP contribution < -0.4 is 10.4 Å². The maximum atomic E-state index is 3.72. The first-order valence-electron chi connectivity index (χ1n) is 12.5. The molecule has 4 aromatic rings. The largest absolute Gasteiger partial charge is 0.0654 e. The lowest BCUT2D eigenvalue weighted by molar-refractivity contribution is 0.590. The number of benzene rings is 4. The molecule has 0 aromatic heterocycles. The summed E-state index contributed by atoms with van der Waals surface area (Å²) in [6.07, 6.45) is 7.32. The van der Waals surface area contributed by atoms with Crippen LogP contribution in [-0.2, 0) is 11.8 Å². The minimum absolute atomic E-state index is 0.136. The summed E-state index contributed by atoms with van der Waals surface area (Å²) in [6.45, 7) is 9.06. The molecule has 1 radical (unpaired) electrons. The molecular formula is C34H33. The first kappa shape index (κ1) is 22.4. The molecule has 0 saturated heterocycles. The van der Waals surface area contributed by atoms with Crippen LogP contribution in [0.25, 0.3) is 22.8 Å². The van der Waals surface area contributed by atoms with Gasteiger partial charge in [-0.05, 0) is 79.3 Å². The van der Waals surface area contributed by atoms with E-state index in [4.69, 9.17) is 0 Å². The second-order valence-corrected chi connectivity index (χ2v) is 10.4. The fraction of sp³-hybridized carbons (Fsp3) is 0.235. The van der Waals surface area contributed by atoms with Crippen molar-refractivity contribution in [3.05, 3.63) is 129 Å². The van der Waals surface area contributed by atoms with Gasteiger partial charge in [-0.15, -0.1) is 0 Å². The first-order valence-corrected chi connectivity index (χ1v) is 12.5. The van der Waals surface area contributed by atoms with Gasteiger partial charge >= 0.3 is 0 Å². The Morgan fingerprint density at radius 2 is 1.35 bits per heavy atom. The van der Waals surface area contributed by atoms with Crippen molar-refractivity contribution in [1.29, 1.82) is 0 Å². The van der Waals surface area contributed by atoms with Crippen molar-refractivity contribution in [2.75, 3.05) is 0 Å². The Hall–Kier alpha value is -3.38. The summed E-state index contributed by atoms with van der Waals surface area (Å²) in [6, 6.07) is 33.7. The zero-order chi connectivity index (χ0) is 23.7. The van der Waals surface area contributed by atoms with Crippen molar-refractivity contribution in [2.45, 2.75) is 52.4 Å². The van der Waals surface area contributed by atoms with Crippen LogP contribution in [0.1, 0.15) is 68.4 Å². The molecule has 0 heterocycles. The molecule has 0 spiro atoms. The molecule has 0 N–H and O–H groups in total. The lowest BCUT2D eigenvalue weighted by Crippen LogP contribution is -2.28. The van der Waals surface area contributed by atoms with Gasteiger partial charge < -0.3 is 0 Å². The highest BCUT2D eigenvalue weighted by Crippen LogP contribution is 2.28. The summed E-state index contributed by atoms with van der Waals surface area (Å²) in [7, 11) is 0. The Morgan fingerprint density at radius 1 is 0.706 bits per heavy atom. The summed E-state index contributed by atoms with van der Waals surface area (Å²) >= 11 is 0. The van der Waals surface area contributed by atoms with Gasteiger partial charge in [0.2, 0.25) is 0 Å². The maximum absolute atomic E-state index is 3.72. The topological polar surface area (TPSA) is 0 Å². The zero-order valence-corrected chi connectivity index (χ0v) is 20.8. The number of aryl methyl sites for hydroxylation is 1. The van der Waals surface area contributed by atoms with Gasteiger partial charge in [0, 0.05) is 0 Å². The Balaban J connectivity index is 1.75. The third kappa shape index (κ3) is 4.26. The second-order valence-electron chi connectivity index (χ2n) is 10.4. The van der Waals surface area contributed by atoms with Crippen LogP contribution in [0.4, 0.5) is 0 Å². The number of rotatable bonds is 5. The molecule has 0 bridgehead atoms. The van der Waals surface area contributed by atoms with Gasteiger partial charge in [-0.25, -0.2) is 0 Å². The molecule has 169 valence electrons. The van der Waals surface area contributed by atoms with E-state index < -0.39 is 0 Å². The molecule has 0 saturated carbocycles. The van der Waals surface area contributed by atoms with E-state index in [0.717, 1.165) is 6.42 Å². The van der Waals surface area contributed by atoms with Crippen molar-refractivity contribution < 1.29 is 0 Å². The Kier molecular flexibility index (Phi) is 6.00. The van der Waals surface area contributed by atoms with E-state index >= 15 is 0 Å². The Labute approximate surface area is 204 Å². The Morgan fingerprint density at radius 3 is 2.03 bits per heavy atom. The predicted molar refractivity (Wildman–Crippen MR) is 145 cm³/mol. The van der Waals surface area contributed by atoms with E-state index in [0.29, 0.717) is 0 Å². The highest BCUT2D eigenvalue weighted by Gasteiger charge is 2.17. The summed E-state index contributed by atoms with van der Waals surface area (Å²) in [4.78, 5) is 0. The van der Waals surface area contributed by atoms with Crippen LogP contribution in [0, 0.1) is 0 Å². The van der Waals surface area contributed by atoms with E-state index in [1.807, 2.05) is 0 Å². The molecule has 0 aliphatic heterocycles. The van der Waals surface area contributed by atoms with Crippen molar-refractivity contribution in [3.63, 3.8) is 0 Å². The summed E-state index contributed by atoms with van der Waals surface area (Å²) < 4.78 is 0. The molecular weight excluding hydrogens is 408 g/mol. The third-order valence-corrected chi connectivity index (χ3v) is 6.91. The van der Waals surface area contributed by atoms with Crippen LogP contribution in [-0.4, -0.2) is 0 Å². The average molecular weight is 442 g/mol. The van der Waals surface area contributed by atoms with E-state index in [9.17, 15) is 0 Å². The van der Waals surface area contributed by atoms with E-state index in [-0.39, 0.29) is 5.41 Å². The molecule has 0 unspecified atom stereocenters. The van der Waals surface area contributed by atoms with Gasteiger partial charge in [0.1, 0.15) is 0 Å². The fourth-order valence-corrected chi connectivity index (χ4v) is 4.91. The number of hydrogen-bond acceptors (Lipinski definition) is 0. The molecule has 4 aromatic carbocycles. The molecule has 5 rings (SSSR count). The monoisotopic (exact) mass is 441 g/mol. The van der Waals surface area contributed by atoms with E-state index in [2.05, 4.69) is 125 Å². The molecule has 0 amide bonds. The highest BCUT2D eigenvalue weighted by molar-refractivity contribution is 5.86. The van der Waals surface area contributed by atoms with Crippen molar-refractivity contribution in [3.8, 4) is 11.1 Å². The molecule has 0 atom stereocenters. The minimum Gasteiger partial charge on any atom is -0.0654 e. The first-order chi connectivity index (χ1) is 16.5. The predicted octanol–water partition coefficient (Wildman–Crippen LogP) is 7.26. The fourth-order valence-electron chi connectivity index (χ4n) is 4.91. The van der Waals surface area contributed by atoms with E-state index in [1.165, 1.54) is 67.8 Å². The maximum Gasteiger partial charge on any atom is -0.000741 e. The second kappa shape index (κ2) is 9.11. The molecule has 0 nitrogen and oxygen atoms in total. The van der Waals surface area contributed by atoms with Crippen molar-refractivity contribution in [1.82, 2.24) is 0 Å². The molecule has 0 heteroatoms. The number of unbranched alkanes of at least 4 members (excludes halogenated alkanes) is 1. The van der Waals surface area contributed by atoms with E-state index in [1.54, 1.807) is 0 Å². The average Bonchev–Trinajstić information content (AvgIpc) is 3.23. The van der Waals surface area contributed by atoms with Gasteiger partial charge in [-0.2, -0.15) is 0 Å². The van der Waals surface area contributed by atoms with Crippen molar-refractivity contribution in [2.24, 2.45) is 0 Å². The SMILES string of the molecule is CCCCc1ccc(C(c2ccc(C(C)(C)C)cc2)=c2cccc3c2=[C]c2ccccc2-3)cc1. The van der Waals surface area contributed by atoms with Gasteiger partial charge in [0.25, 0.3) is 0 Å². The van der Waals surface area contributed by atoms with Crippen LogP contribution in [0.15, 0.2) is 91.0 Å². The van der Waals surface area contributed by atoms with Gasteiger partial charge in [-0.3, -0.25) is 0 Å². The lowest BCUT2D eigenvalue weighted by atomic mass is 9.85. The molecule has 1 aliphatic rings. The van der Waals surface area contributed by atoms with Crippen LogP contribution in [0.5, 0.6) is 0 Å². The quantitative estimate of drug-likeness (QED) is 0.269. The number of hydrogen-bond donors (Lipinski definition) is 0. The lowest BCUT2D eigenvalue weighted by Gasteiger charge is -2.20. The molecule has 1 aliphatic carbocycles. The summed E-state index contributed by atoms with van der Waals surface area (Å²) in [5.74, 6) is 0. The number of fused-ring (bicyclic) bond motifs is 3. The molecule has 0 fully saturated rings. The third-order valence-electron chi connectivity index (χ3n) is 6.91. The molecule has 34 heavy (non-hydrogen) atoms. The van der Waals surface area contributed by atoms with Crippen LogP contribution in [0.3, 0.4) is 0 Å². The highest BCUT2D eigenvalue weighted by atomic mass is 14.2.